The molecule has 0 unspecified atom stereocenters. The second-order valence-corrected chi connectivity index (χ2v) is 4.85. The third-order valence-electron chi connectivity index (χ3n) is 3.44. The number of benzene rings is 1. The van der Waals surface area contributed by atoms with Crippen LogP contribution in [0, 0.1) is 5.92 Å². The average molecular weight is 262 g/mol. The Balaban J connectivity index is 1.76. The van der Waals surface area contributed by atoms with Gasteiger partial charge in [0, 0.05) is 11.7 Å². The molecular formula is C14H18N2O3. The molecule has 102 valence electrons. The lowest BCUT2D eigenvalue weighted by Crippen LogP contribution is -2.40. The Bertz CT molecular complexity index is 439. The smallest absolute Gasteiger partial charge is 0.319 e. The van der Waals surface area contributed by atoms with E-state index < -0.39 is 5.97 Å². The summed E-state index contributed by atoms with van der Waals surface area (Å²) in [5.41, 5.74) is 0.749. The largest absolute Gasteiger partial charge is 0.481 e. The Morgan fingerprint density at radius 3 is 2.26 bits per heavy atom. The molecule has 1 fully saturated rings. The van der Waals surface area contributed by atoms with E-state index >= 15 is 0 Å². The van der Waals surface area contributed by atoms with Crippen LogP contribution in [0.4, 0.5) is 10.5 Å². The van der Waals surface area contributed by atoms with Crippen LogP contribution in [0.25, 0.3) is 0 Å². The minimum Gasteiger partial charge on any atom is -0.481 e. The highest BCUT2D eigenvalue weighted by Crippen LogP contribution is 2.24. The van der Waals surface area contributed by atoms with Gasteiger partial charge in [0.25, 0.3) is 0 Å². The number of amides is 2. The maximum absolute atomic E-state index is 11.8. The van der Waals surface area contributed by atoms with Gasteiger partial charge in [-0.2, -0.15) is 0 Å². The highest BCUT2D eigenvalue weighted by Gasteiger charge is 2.26. The van der Waals surface area contributed by atoms with Crippen LogP contribution in [-0.4, -0.2) is 23.1 Å². The van der Waals surface area contributed by atoms with Crippen molar-refractivity contribution in [1.82, 2.24) is 5.32 Å². The molecule has 1 saturated carbocycles. The minimum atomic E-state index is -0.729. The number of aliphatic carboxylic acids is 1. The second kappa shape index (κ2) is 6.22. The molecule has 0 bridgehead atoms. The van der Waals surface area contributed by atoms with Crippen LogP contribution >= 0.6 is 0 Å². The summed E-state index contributed by atoms with van der Waals surface area (Å²) in [5, 5.41) is 14.5. The Kier molecular flexibility index (Phi) is 4.39. The van der Waals surface area contributed by atoms with Crippen molar-refractivity contribution < 1.29 is 14.7 Å². The van der Waals surface area contributed by atoms with Gasteiger partial charge in [0.05, 0.1) is 5.92 Å². The molecule has 0 aromatic heterocycles. The summed E-state index contributed by atoms with van der Waals surface area (Å²) >= 11 is 0. The highest BCUT2D eigenvalue weighted by atomic mass is 16.4. The Hall–Kier alpha value is -2.04. The number of carbonyl (C=O) groups excluding carboxylic acids is 1. The number of hydrogen-bond donors (Lipinski definition) is 3. The van der Waals surface area contributed by atoms with Crippen molar-refractivity contribution in [3.63, 3.8) is 0 Å². The molecule has 1 aliphatic rings. The fraction of sp³-hybridized carbons (Fsp3) is 0.429. The molecule has 5 heteroatoms. The third kappa shape index (κ3) is 3.98. The summed E-state index contributed by atoms with van der Waals surface area (Å²) in [6.45, 7) is 0. The molecule has 19 heavy (non-hydrogen) atoms. The van der Waals surface area contributed by atoms with Crippen LogP contribution in [-0.2, 0) is 4.79 Å². The van der Waals surface area contributed by atoms with Crippen molar-refractivity contribution in [1.29, 1.82) is 0 Å². The van der Waals surface area contributed by atoms with E-state index in [2.05, 4.69) is 10.6 Å². The van der Waals surface area contributed by atoms with Crippen LogP contribution in [0.1, 0.15) is 25.7 Å². The predicted octanol–water partition coefficient (Wildman–Crippen LogP) is 2.45. The van der Waals surface area contributed by atoms with Crippen LogP contribution in [0.15, 0.2) is 30.3 Å². The average Bonchev–Trinajstić information content (AvgIpc) is 2.40. The molecule has 1 aliphatic carbocycles. The van der Waals surface area contributed by atoms with Crippen molar-refractivity contribution in [2.75, 3.05) is 5.32 Å². The molecule has 2 rings (SSSR count). The van der Waals surface area contributed by atoms with Gasteiger partial charge in [0.15, 0.2) is 0 Å². The number of rotatable bonds is 3. The Morgan fingerprint density at radius 1 is 1.05 bits per heavy atom. The van der Waals surface area contributed by atoms with E-state index in [0.29, 0.717) is 12.8 Å². The van der Waals surface area contributed by atoms with Gasteiger partial charge in [-0.3, -0.25) is 4.79 Å². The number of urea groups is 1. The fourth-order valence-electron chi connectivity index (χ4n) is 2.36. The topological polar surface area (TPSA) is 78.4 Å². The monoisotopic (exact) mass is 262 g/mol. The summed E-state index contributed by atoms with van der Waals surface area (Å²) in [6.07, 6.45) is 2.70. The number of carboxylic acids is 1. The molecule has 1 aromatic carbocycles. The van der Waals surface area contributed by atoms with E-state index in [9.17, 15) is 9.59 Å². The molecule has 5 nitrogen and oxygen atoms in total. The number of nitrogens with one attached hydrogen (secondary N) is 2. The van der Waals surface area contributed by atoms with Gasteiger partial charge < -0.3 is 15.7 Å². The molecule has 0 atom stereocenters. The Labute approximate surface area is 112 Å². The Morgan fingerprint density at radius 2 is 1.68 bits per heavy atom. The quantitative estimate of drug-likeness (QED) is 0.783. The number of para-hydroxylation sites is 1. The molecule has 0 aliphatic heterocycles. The van der Waals surface area contributed by atoms with Gasteiger partial charge in [0.2, 0.25) is 0 Å². The maximum Gasteiger partial charge on any atom is 0.319 e. The highest BCUT2D eigenvalue weighted by molar-refractivity contribution is 5.89. The van der Waals surface area contributed by atoms with E-state index in [0.717, 1.165) is 18.5 Å². The van der Waals surface area contributed by atoms with Gasteiger partial charge in [-0.15, -0.1) is 0 Å². The van der Waals surface area contributed by atoms with Crippen LogP contribution in [0.2, 0.25) is 0 Å². The van der Waals surface area contributed by atoms with E-state index in [1.54, 1.807) is 0 Å². The van der Waals surface area contributed by atoms with E-state index in [4.69, 9.17) is 5.11 Å². The van der Waals surface area contributed by atoms with Gasteiger partial charge in [-0.25, -0.2) is 4.79 Å². The molecule has 0 heterocycles. The zero-order valence-corrected chi connectivity index (χ0v) is 10.6. The minimum absolute atomic E-state index is 0.0688. The third-order valence-corrected chi connectivity index (χ3v) is 3.44. The van der Waals surface area contributed by atoms with Gasteiger partial charge in [0.1, 0.15) is 0 Å². The number of anilines is 1. The first kappa shape index (κ1) is 13.4. The summed E-state index contributed by atoms with van der Waals surface area (Å²) in [7, 11) is 0. The lowest BCUT2D eigenvalue weighted by Gasteiger charge is -2.26. The first-order valence-corrected chi connectivity index (χ1v) is 6.50. The first-order valence-electron chi connectivity index (χ1n) is 6.50. The van der Waals surface area contributed by atoms with Crippen molar-refractivity contribution in [2.45, 2.75) is 31.7 Å². The summed E-state index contributed by atoms with van der Waals surface area (Å²) < 4.78 is 0. The number of carboxylic acid groups (broad SMARTS) is 1. The van der Waals surface area contributed by atoms with Gasteiger partial charge in [-0.1, -0.05) is 18.2 Å². The molecule has 2 amide bonds. The zero-order valence-electron chi connectivity index (χ0n) is 10.6. The van der Waals surface area contributed by atoms with E-state index in [-0.39, 0.29) is 18.0 Å². The predicted molar refractivity (Wildman–Crippen MR) is 72.0 cm³/mol. The molecule has 0 radical (unpaired) electrons. The van der Waals surface area contributed by atoms with Crippen molar-refractivity contribution in [3.05, 3.63) is 30.3 Å². The maximum atomic E-state index is 11.8. The molecule has 0 saturated heterocycles. The van der Waals surface area contributed by atoms with Crippen molar-refractivity contribution in [2.24, 2.45) is 5.92 Å². The molecule has 1 aromatic rings. The molecule has 0 spiro atoms. The first-order chi connectivity index (χ1) is 9.15. The molecule has 3 N–H and O–H groups in total. The lowest BCUT2D eigenvalue weighted by atomic mass is 9.86. The van der Waals surface area contributed by atoms with Crippen LogP contribution in [0.5, 0.6) is 0 Å². The standard InChI is InChI=1S/C14H18N2O3/c17-13(18)10-6-8-12(9-7-10)16-14(19)15-11-4-2-1-3-5-11/h1-5,10,12H,6-9H2,(H,17,18)(H2,15,16,19). The van der Waals surface area contributed by atoms with Crippen LogP contribution < -0.4 is 10.6 Å². The van der Waals surface area contributed by atoms with E-state index in [1.165, 1.54) is 0 Å². The SMILES string of the molecule is O=C(Nc1ccccc1)NC1CCC(C(=O)O)CC1. The lowest BCUT2D eigenvalue weighted by molar-refractivity contribution is -0.142. The van der Waals surface area contributed by atoms with E-state index in [1.807, 2.05) is 30.3 Å². The number of carbonyl (C=O) groups is 2. The van der Waals surface area contributed by atoms with Crippen LogP contribution in [0.3, 0.4) is 0 Å². The van der Waals surface area contributed by atoms with Crippen molar-refractivity contribution >= 4 is 17.7 Å². The molecular weight excluding hydrogens is 244 g/mol. The van der Waals surface area contributed by atoms with Gasteiger partial charge in [-0.05, 0) is 37.8 Å². The number of hydrogen-bond acceptors (Lipinski definition) is 2. The fourth-order valence-corrected chi connectivity index (χ4v) is 2.36. The normalized spacial score (nSPS) is 22.5. The zero-order chi connectivity index (χ0) is 13.7. The summed E-state index contributed by atoms with van der Waals surface area (Å²) in [5.74, 6) is -0.984. The summed E-state index contributed by atoms with van der Waals surface area (Å²) in [4.78, 5) is 22.6. The summed E-state index contributed by atoms with van der Waals surface area (Å²) in [6, 6.07) is 9.07. The van der Waals surface area contributed by atoms with Gasteiger partial charge >= 0.3 is 12.0 Å². The van der Waals surface area contributed by atoms with Crippen molar-refractivity contribution in [3.8, 4) is 0 Å². The second-order valence-electron chi connectivity index (χ2n) is 4.85.